The van der Waals surface area contributed by atoms with Crippen LogP contribution in [0.5, 0.6) is 5.75 Å². The molecule has 0 aromatic heterocycles. The standard InChI is InChI=1S/C9H12ClNO/c1-7-2-3-9(8(10)6-7)12-5-4-11/h2-3,6H,4-5,11H2,1H3. The first-order valence-electron chi connectivity index (χ1n) is 3.83. The van der Waals surface area contributed by atoms with Crippen LogP contribution in [0.2, 0.25) is 5.02 Å². The SMILES string of the molecule is Cc1ccc(OCCN)c(Cl)c1. The van der Waals surface area contributed by atoms with Gasteiger partial charge in [-0.25, -0.2) is 0 Å². The van der Waals surface area contributed by atoms with E-state index in [1.54, 1.807) is 0 Å². The Morgan fingerprint density at radius 1 is 1.50 bits per heavy atom. The molecule has 0 spiro atoms. The lowest BCUT2D eigenvalue weighted by Gasteiger charge is -2.06. The Balaban J connectivity index is 2.72. The fraction of sp³-hybridized carbons (Fsp3) is 0.333. The van der Waals surface area contributed by atoms with E-state index in [4.69, 9.17) is 22.1 Å². The molecule has 1 aromatic rings. The topological polar surface area (TPSA) is 35.2 Å². The molecule has 0 heterocycles. The van der Waals surface area contributed by atoms with Crippen LogP contribution in [0.1, 0.15) is 5.56 Å². The summed E-state index contributed by atoms with van der Waals surface area (Å²) in [6, 6.07) is 5.68. The smallest absolute Gasteiger partial charge is 0.137 e. The van der Waals surface area contributed by atoms with Crippen LogP contribution in [0.3, 0.4) is 0 Å². The van der Waals surface area contributed by atoms with E-state index in [9.17, 15) is 0 Å². The van der Waals surface area contributed by atoms with E-state index in [-0.39, 0.29) is 0 Å². The average Bonchev–Trinajstić information content (AvgIpc) is 2.03. The van der Waals surface area contributed by atoms with Gasteiger partial charge in [-0.05, 0) is 24.6 Å². The van der Waals surface area contributed by atoms with Crippen LogP contribution in [-0.4, -0.2) is 13.2 Å². The first kappa shape index (κ1) is 9.36. The molecule has 1 aromatic carbocycles. The van der Waals surface area contributed by atoms with Crippen LogP contribution in [0.25, 0.3) is 0 Å². The summed E-state index contributed by atoms with van der Waals surface area (Å²) in [7, 11) is 0. The van der Waals surface area contributed by atoms with E-state index in [1.807, 2.05) is 25.1 Å². The molecule has 0 unspecified atom stereocenters. The second-order valence-corrected chi connectivity index (χ2v) is 2.98. The molecule has 1 rings (SSSR count). The molecular weight excluding hydrogens is 174 g/mol. The molecular formula is C9H12ClNO. The first-order valence-corrected chi connectivity index (χ1v) is 4.21. The number of hydrogen-bond acceptors (Lipinski definition) is 2. The maximum absolute atomic E-state index is 5.90. The van der Waals surface area contributed by atoms with E-state index in [1.165, 1.54) is 0 Å². The second kappa shape index (κ2) is 4.33. The van der Waals surface area contributed by atoms with Crippen molar-refractivity contribution in [2.24, 2.45) is 5.73 Å². The maximum atomic E-state index is 5.90. The number of aryl methyl sites for hydroxylation is 1. The first-order chi connectivity index (χ1) is 5.74. The van der Waals surface area contributed by atoms with Crippen LogP contribution in [0.15, 0.2) is 18.2 Å². The number of halogens is 1. The zero-order valence-corrected chi connectivity index (χ0v) is 7.77. The Bertz CT molecular complexity index is 263. The highest BCUT2D eigenvalue weighted by Crippen LogP contribution is 2.24. The van der Waals surface area contributed by atoms with Crippen molar-refractivity contribution in [3.8, 4) is 5.75 Å². The summed E-state index contributed by atoms with van der Waals surface area (Å²) in [5.41, 5.74) is 6.41. The van der Waals surface area contributed by atoms with Gasteiger partial charge >= 0.3 is 0 Å². The molecule has 12 heavy (non-hydrogen) atoms. The van der Waals surface area contributed by atoms with Gasteiger partial charge in [-0.2, -0.15) is 0 Å². The van der Waals surface area contributed by atoms with Crippen LogP contribution < -0.4 is 10.5 Å². The van der Waals surface area contributed by atoms with Crippen molar-refractivity contribution >= 4 is 11.6 Å². The van der Waals surface area contributed by atoms with E-state index in [2.05, 4.69) is 0 Å². The Hall–Kier alpha value is -0.730. The Morgan fingerprint density at radius 3 is 2.83 bits per heavy atom. The fourth-order valence-electron chi connectivity index (χ4n) is 0.892. The number of rotatable bonds is 3. The van der Waals surface area contributed by atoms with E-state index in [0.717, 1.165) is 5.56 Å². The maximum Gasteiger partial charge on any atom is 0.137 e. The lowest BCUT2D eigenvalue weighted by atomic mass is 10.2. The molecule has 0 aliphatic heterocycles. The van der Waals surface area contributed by atoms with Crippen molar-refractivity contribution in [2.75, 3.05) is 13.2 Å². The molecule has 0 fully saturated rings. The summed E-state index contributed by atoms with van der Waals surface area (Å²) in [4.78, 5) is 0. The van der Waals surface area contributed by atoms with Gasteiger partial charge in [-0.15, -0.1) is 0 Å². The predicted molar refractivity (Wildman–Crippen MR) is 50.7 cm³/mol. The van der Waals surface area contributed by atoms with Gasteiger partial charge < -0.3 is 10.5 Å². The van der Waals surface area contributed by atoms with Crippen molar-refractivity contribution in [1.29, 1.82) is 0 Å². The minimum atomic E-state index is 0.503. The summed E-state index contributed by atoms with van der Waals surface area (Å²) in [6.45, 7) is 2.99. The van der Waals surface area contributed by atoms with Gasteiger partial charge in [0, 0.05) is 6.54 Å². The summed E-state index contributed by atoms with van der Waals surface area (Å²) < 4.78 is 5.28. The minimum absolute atomic E-state index is 0.503. The van der Waals surface area contributed by atoms with Gasteiger partial charge in [0.1, 0.15) is 12.4 Å². The summed E-state index contributed by atoms with van der Waals surface area (Å²) in [5, 5.41) is 0.642. The third kappa shape index (κ3) is 2.40. The van der Waals surface area contributed by atoms with E-state index < -0.39 is 0 Å². The van der Waals surface area contributed by atoms with Crippen molar-refractivity contribution < 1.29 is 4.74 Å². The highest BCUT2D eigenvalue weighted by Gasteiger charge is 1.99. The van der Waals surface area contributed by atoms with Gasteiger partial charge in [0.05, 0.1) is 5.02 Å². The van der Waals surface area contributed by atoms with E-state index in [0.29, 0.717) is 23.9 Å². The lowest BCUT2D eigenvalue weighted by molar-refractivity contribution is 0.328. The Morgan fingerprint density at radius 2 is 2.25 bits per heavy atom. The molecule has 0 amide bonds. The van der Waals surface area contributed by atoms with Crippen LogP contribution >= 0.6 is 11.6 Å². The molecule has 0 bridgehead atoms. The van der Waals surface area contributed by atoms with Crippen molar-refractivity contribution in [3.63, 3.8) is 0 Å². The van der Waals surface area contributed by atoms with Crippen molar-refractivity contribution in [2.45, 2.75) is 6.92 Å². The van der Waals surface area contributed by atoms with E-state index >= 15 is 0 Å². The fourth-order valence-corrected chi connectivity index (χ4v) is 1.18. The molecule has 2 nitrogen and oxygen atoms in total. The van der Waals surface area contributed by atoms with Gasteiger partial charge in [0.25, 0.3) is 0 Å². The van der Waals surface area contributed by atoms with Crippen molar-refractivity contribution in [3.05, 3.63) is 28.8 Å². The van der Waals surface area contributed by atoms with Gasteiger partial charge in [-0.3, -0.25) is 0 Å². The highest BCUT2D eigenvalue weighted by molar-refractivity contribution is 6.32. The molecule has 66 valence electrons. The molecule has 0 saturated heterocycles. The Labute approximate surface area is 77.3 Å². The molecule has 0 atom stereocenters. The largest absolute Gasteiger partial charge is 0.491 e. The zero-order chi connectivity index (χ0) is 8.97. The van der Waals surface area contributed by atoms with Crippen molar-refractivity contribution in [1.82, 2.24) is 0 Å². The number of hydrogen-bond donors (Lipinski definition) is 1. The molecule has 0 radical (unpaired) electrons. The quantitative estimate of drug-likeness (QED) is 0.782. The lowest BCUT2D eigenvalue weighted by Crippen LogP contribution is -2.10. The van der Waals surface area contributed by atoms with Crippen LogP contribution in [0, 0.1) is 6.92 Å². The van der Waals surface area contributed by atoms with Gasteiger partial charge in [0.15, 0.2) is 0 Å². The zero-order valence-electron chi connectivity index (χ0n) is 7.01. The molecule has 0 aliphatic carbocycles. The molecule has 2 N–H and O–H groups in total. The molecule has 0 saturated carbocycles. The van der Waals surface area contributed by atoms with Crippen LogP contribution in [-0.2, 0) is 0 Å². The Kier molecular flexibility index (Phi) is 3.38. The summed E-state index contributed by atoms with van der Waals surface area (Å²) in [6.07, 6.45) is 0. The number of nitrogens with two attached hydrogens (primary N) is 1. The minimum Gasteiger partial charge on any atom is -0.491 e. The average molecular weight is 186 g/mol. The highest BCUT2D eigenvalue weighted by atomic mass is 35.5. The van der Waals surface area contributed by atoms with Crippen LogP contribution in [0.4, 0.5) is 0 Å². The summed E-state index contributed by atoms with van der Waals surface area (Å²) >= 11 is 5.90. The third-order valence-electron chi connectivity index (χ3n) is 1.46. The third-order valence-corrected chi connectivity index (χ3v) is 1.76. The number of benzene rings is 1. The number of ether oxygens (including phenoxy) is 1. The monoisotopic (exact) mass is 185 g/mol. The second-order valence-electron chi connectivity index (χ2n) is 2.57. The normalized spacial score (nSPS) is 9.92. The molecule has 3 heteroatoms. The molecule has 0 aliphatic rings. The van der Waals surface area contributed by atoms with Gasteiger partial charge in [-0.1, -0.05) is 17.7 Å². The summed E-state index contributed by atoms with van der Waals surface area (Å²) in [5.74, 6) is 0.702. The van der Waals surface area contributed by atoms with Gasteiger partial charge in [0.2, 0.25) is 0 Å². The predicted octanol–water partition coefficient (Wildman–Crippen LogP) is 1.99.